The zero-order chi connectivity index (χ0) is 13.3. The molecular weight excluding hydrogens is 306 g/mol. The third-order valence-corrected chi connectivity index (χ3v) is 2.97. The number of anilines is 1. The van der Waals surface area contributed by atoms with Gasteiger partial charge < -0.3 is 10.3 Å². The topological polar surface area (TPSA) is 48.0 Å². The van der Waals surface area contributed by atoms with Crippen LogP contribution in [-0.4, -0.2) is 4.57 Å². The normalized spacial score (nSPS) is 10.6. The highest BCUT2D eigenvalue weighted by atomic mass is 79.9. The summed E-state index contributed by atoms with van der Waals surface area (Å²) in [5.41, 5.74) is 6.22. The summed E-state index contributed by atoms with van der Waals surface area (Å²) in [7, 11) is 0. The molecule has 0 unspecified atom stereocenters. The quantitative estimate of drug-likeness (QED) is 0.926. The zero-order valence-corrected chi connectivity index (χ0v) is 10.7. The van der Waals surface area contributed by atoms with Crippen LogP contribution >= 0.6 is 15.9 Å². The van der Waals surface area contributed by atoms with Crippen molar-refractivity contribution in [1.82, 2.24) is 4.57 Å². The molecule has 1 aromatic heterocycles. The van der Waals surface area contributed by atoms with E-state index >= 15 is 0 Å². The van der Waals surface area contributed by atoms with E-state index in [1.165, 1.54) is 22.9 Å². The summed E-state index contributed by atoms with van der Waals surface area (Å²) in [6.45, 7) is 0.125. The molecule has 0 radical (unpaired) electrons. The van der Waals surface area contributed by atoms with E-state index < -0.39 is 11.6 Å². The van der Waals surface area contributed by atoms with Gasteiger partial charge in [-0.25, -0.2) is 8.78 Å². The van der Waals surface area contributed by atoms with E-state index in [2.05, 4.69) is 15.9 Å². The molecule has 0 atom stereocenters. The lowest BCUT2D eigenvalue weighted by atomic mass is 10.2. The molecule has 0 bridgehead atoms. The molecule has 2 rings (SSSR count). The van der Waals surface area contributed by atoms with Crippen molar-refractivity contribution >= 4 is 21.6 Å². The monoisotopic (exact) mass is 314 g/mol. The molecule has 0 aliphatic rings. The molecule has 1 aromatic carbocycles. The van der Waals surface area contributed by atoms with Crippen molar-refractivity contribution in [3.63, 3.8) is 0 Å². The second-order valence-electron chi connectivity index (χ2n) is 3.80. The predicted molar refractivity (Wildman–Crippen MR) is 68.3 cm³/mol. The van der Waals surface area contributed by atoms with Crippen molar-refractivity contribution in [2.75, 3.05) is 5.73 Å². The molecular formula is C12H9BrF2N2O. The number of nitrogens with two attached hydrogens (primary N) is 1. The Morgan fingerprint density at radius 2 is 1.94 bits per heavy atom. The zero-order valence-electron chi connectivity index (χ0n) is 9.16. The lowest BCUT2D eigenvalue weighted by molar-refractivity contribution is 0.506. The Hall–Kier alpha value is -1.69. The van der Waals surface area contributed by atoms with Gasteiger partial charge in [0.2, 0.25) is 0 Å². The van der Waals surface area contributed by atoms with E-state index in [4.69, 9.17) is 5.73 Å². The van der Waals surface area contributed by atoms with Gasteiger partial charge in [-0.15, -0.1) is 0 Å². The predicted octanol–water partition coefficient (Wildman–Crippen LogP) is 2.52. The average molecular weight is 315 g/mol. The largest absolute Gasteiger partial charge is 0.398 e. The second-order valence-corrected chi connectivity index (χ2v) is 4.66. The minimum absolute atomic E-state index is 0.125. The molecule has 0 fully saturated rings. The number of pyridine rings is 1. The molecule has 18 heavy (non-hydrogen) atoms. The summed E-state index contributed by atoms with van der Waals surface area (Å²) in [6, 6.07) is 4.99. The molecule has 0 saturated heterocycles. The number of halogens is 3. The van der Waals surface area contributed by atoms with Crippen LogP contribution in [-0.2, 0) is 6.54 Å². The number of rotatable bonds is 2. The molecule has 94 valence electrons. The first-order chi connectivity index (χ1) is 8.47. The molecule has 0 aliphatic carbocycles. The van der Waals surface area contributed by atoms with Crippen LogP contribution in [0.25, 0.3) is 0 Å². The van der Waals surface area contributed by atoms with E-state index in [0.717, 1.165) is 12.1 Å². The Morgan fingerprint density at radius 1 is 1.22 bits per heavy atom. The van der Waals surface area contributed by atoms with Crippen LogP contribution in [0, 0.1) is 11.6 Å². The molecule has 0 aliphatic heterocycles. The molecule has 2 aromatic rings. The van der Waals surface area contributed by atoms with Gasteiger partial charge in [0.05, 0.1) is 11.0 Å². The summed E-state index contributed by atoms with van der Waals surface area (Å²) >= 11 is 3.09. The van der Waals surface area contributed by atoms with E-state index in [9.17, 15) is 13.6 Å². The van der Waals surface area contributed by atoms with Crippen LogP contribution in [0.2, 0.25) is 0 Å². The van der Waals surface area contributed by atoms with Gasteiger partial charge in [-0.3, -0.25) is 4.79 Å². The van der Waals surface area contributed by atoms with Crippen molar-refractivity contribution < 1.29 is 8.78 Å². The SMILES string of the molecule is Nc1cc(Br)c(=O)n(Cc2ccc(F)c(F)c2)c1. The number of hydrogen-bond donors (Lipinski definition) is 1. The number of aromatic nitrogens is 1. The molecule has 0 amide bonds. The molecule has 3 nitrogen and oxygen atoms in total. The van der Waals surface area contributed by atoms with Gasteiger partial charge in [-0.2, -0.15) is 0 Å². The Morgan fingerprint density at radius 3 is 2.61 bits per heavy atom. The maximum Gasteiger partial charge on any atom is 0.265 e. The highest BCUT2D eigenvalue weighted by molar-refractivity contribution is 9.10. The molecule has 0 spiro atoms. The highest BCUT2D eigenvalue weighted by Crippen LogP contribution is 2.12. The first-order valence-electron chi connectivity index (χ1n) is 5.07. The fraction of sp³-hybridized carbons (Fsp3) is 0.0833. The van der Waals surface area contributed by atoms with E-state index in [1.807, 2.05) is 0 Å². The highest BCUT2D eigenvalue weighted by Gasteiger charge is 2.06. The number of hydrogen-bond acceptors (Lipinski definition) is 2. The van der Waals surface area contributed by atoms with Crippen LogP contribution in [0.1, 0.15) is 5.56 Å². The third kappa shape index (κ3) is 2.59. The summed E-state index contributed by atoms with van der Waals surface area (Å²) in [5.74, 6) is -1.86. The van der Waals surface area contributed by atoms with Crippen molar-refractivity contribution in [1.29, 1.82) is 0 Å². The van der Waals surface area contributed by atoms with Crippen LogP contribution in [0.3, 0.4) is 0 Å². The summed E-state index contributed by atoms with van der Waals surface area (Å²) in [5, 5.41) is 0. The first-order valence-corrected chi connectivity index (χ1v) is 5.86. The Kier molecular flexibility index (Phi) is 3.47. The molecule has 1 heterocycles. The van der Waals surface area contributed by atoms with Gasteiger partial charge in [0.15, 0.2) is 11.6 Å². The molecule has 6 heteroatoms. The van der Waals surface area contributed by atoms with Crippen LogP contribution in [0.15, 0.2) is 39.7 Å². The first kappa shape index (κ1) is 12.8. The average Bonchev–Trinajstić information content (AvgIpc) is 2.30. The number of benzene rings is 1. The summed E-state index contributed by atoms with van der Waals surface area (Å²) in [4.78, 5) is 11.8. The smallest absolute Gasteiger partial charge is 0.265 e. The maximum atomic E-state index is 13.0. The van der Waals surface area contributed by atoms with Crippen molar-refractivity contribution in [3.8, 4) is 0 Å². The van der Waals surface area contributed by atoms with Gasteiger partial charge in [-0.1, -0.05) is 6.07 Å². The fourth-order valence-electron chi connectivity index (χ4n) is 1.57. The Labute approximate surface area is 110 Å². The van der Waals surface area contributed by atoms with Gasteiger partial charge >= 0.3 is 0 Å². The van der Waals surface area contributed by atoms with Crippen LogP contribution in [0.4, 0.5) is 14.5 Å². The molecule has 2 N–H and O–H groups in total. The van der Waals surface area contributed by atoms with Crippen LogP contribution in [0.5, 0.6) is 0 Å². The van der Waals surface area contributed by atoms with Crippen molar-refractivity contribution in [2.45, 2.75) is 6.54 Å². The van der Waals surface area contributed by atoms with Crippen LogP contribution < -0.4 is 11.3 Å². The lowest BCUT2D eigenvalue weighted by Gasteiger charge is -2.08. The Balaban J connectivity index is 2.40. The minimum atomic E-state index is -0.941. The minimum Gasteiger partial charge on any atom is -0.398 e. The third-order valence-electron chi connectivity index (χ3n) is 2.40. The van der Waals surface area contributed by atoms with Gasteiger partial charge in [0.1, 0.15) is 0 Å². The molecule has 0 saturated carbocycles. The maximum absolute atomic E-state index is 13.0. The van der Waals surface area contributed by atoms with Crippen molar-refractivity contribution in [3.05, 3.63) is 62.5 Å². The van der Waals surface area contributed by atoms with Gasteiger partial charge in [0, 0.05) is 11.9 Å². The Bertz CT molecular complexity index is 655. The van der Waals surface area contributed by atoms with Gasteiger partial charge in [0.25, 0.3) is 5.56 Å². The standard InChI is InChI=1S/C12H9BrF2N2O/c13-9-4-8(16)6-17(12(9)18)5-7-1-2-10(14)11(15)3-7/h1-4,6H,5,16H2. The van der Waals surface area contributed by atoms with E-state index in [0.29, 0.717) is 15.7 Å². The summed E-state index contributed by atoms with van der Waals surface area (Å²) in [6.07, 6.45) is 1.45. The number of nitrogen functional groups attached to an aromatic ring is 1. The fourth-order valence-corrected chi connectivity index (χ4v) is 2.07. The van der Waals surface area contributed by atoms with E-state index in [1.54, 1.807) is 0 Å². The number of nitrogens with zero attached hydrogens (tertiary/aromatic N) is 1. The summed E-state index contributed by atoms with van der Waals surface area (Å²) < 4.78 is 27.5. The van der Waals surface area contributed by atoms with Gasteiger partial charge in [-0.05, 0) is 39.7 Å². The van der Waals surface area contributed by atoms with Crippen molar-refractivity contribution in [2.24, 2.45) is 0 Å². The van der Waals surface area contributed by atoms with E-state index in [-0.39, 0.29) is 12.1 Å². The lowest BCUT2D eigenvalue weighted by Crippen LogP contribution is -2.21. The second kappa shape index (κ2) is 4.89.